The van der Waals surface area contributed by atoms with Crippen molar-refractivity contribution in [2.75, 3.05) is 19.6 Å². The second-order valence-corrected chi connectivity index (χ2v) is 4.68. The number of ether oxygens (including phenoxy) is 2. The first-order valence-corrected chi connectivity index (χ1v) is 6.82. The molecule has 0 aromatic heterocycles. The Kier molecular flexibility index (Phi) is 5.14. The number of benzene rings is 2. The highest BCUT2D eigenvalue weighted by Gasteiger charge is 2.08. The molecule has 23 heavy (non-hydrogen) atoms. The second-order valence-electron chi connectivity index (χ2n) is 4.68. The lowest BCUT2D eigenvalue weighted by Gasteiger charge is -2.10. The van der Waals surface area contributed by atoms with Crippen LogP contribution in [0.4, 0.5) is 11.4 Å². The van der Waals surface area contributed by atoms with Crippen molar-refractivity contribution in [2.24, 2.45) is 5.10 Å². The van der Waals surface area contributed by atoms with Gasteiger partial charge in [-0.1, -0.05) is 0 Å². The predicted molar refractivity (Wildman–Crippen MR) is 88.5 cm³/mol. The monoisotopic (exact) mass is 315 g/mol. The highest BCUT2D eigenvalue weighted by Crippen LogP contribution is 2.25. The number of nitrogens with one attached hydrogen (secondary N) is 1. The summed E-state index contributed by atoms with van der Waals surface area (Å²) in [5.41, 5.74) is 5.09. The number of methoxy groups -OCH3 is 2. The van der Waals surface area contributed by atoms with Crippen molar-refractivity contribution in [1.82, 2.24) is 0 Å². The summed E-state index contributed by atoms with van der Waals surface area (Å²) < 4.78 is 10.5. The van der Waals surface area contributed by atoms with Crippen molar-refractivity contribution < 1.29 is 14.4 Å². The number of hydrogen-bond donors (Lipinski definition) is 1. The Bertz CT molecular complexity index is 727. The van der Waals surface area contributed by atoms with Crippen LogP contribution in [0, 0.1) is 10.1 Å². The predicted octanol–water partition coefficient (Wildman–Crippen LogP) is 3.45. The van der Waals surface area contributed by atoms with E-state index in [1.807, 2.05) is 19.1 Å². The molecular weight excluding hydrogens is 298 g/mol. The largest absolute Gasteiger partial charge is 0.497 e. The highest BCUT2D eigenvalue weighted by atomic mass is 16.6. The van der Waals surface area contributed by atoms with E-state index in [1.54, 1.807) is 32.4 Å². The molecule has 120 valence electrons. The maximum absolute atomic E-state index is 10.6. The minimum absolute atomic E-state index is 0.0353. The standard InChI is InChI=1S/C16H17N3O4/c1-11(15-9-8-14(22-2)10-16(15)23-3)17-18-12-4-6-13(7-5-12)19(20)21/h4-10,18H,1-3H3/b17-11-. The minimum Gasteiger partial charge on any atom is -0.497 e. The van der Waals surface area contributed by atoms with Gasteiger partial charge in [0.2, 0.25) is 0 Å². The van der Waals surface area contributed by atoms with Crippen LogP contribution in [-0.4, -0.2) is 24.9 Å². The Morgan fingerprint density at radius 3 is 2.39 bits per heavy atom. The fraction of sp³-hybridized carbons (Fsp3) is 0.188. The minimum atomic E-state index is -0.444. The quantitative estimate of drug-likeness (QED) is 0.501. The van der Waals surface area contributed by atoms with E-state index in [1.165, 1.54) is 12.1 Å². The molecule has 0 atom stereocenters. The molecule has 2 aromatic carbocycles. The Balaban J connectivity index is 2.18. The zero-order valence-corrected chi connectivity index (χ0v) is 13.1. The summed E-state index contributed by atoms with van der Waals surface area (Å²) in [4.78, 5) is 10.2. The van der Waals surface area contributed by atoms with Crippen LogP contribution in [0.5, 0.6) is 11.5 Å². The number of nitro benzene ring substituents is 1. The zero-order chi connectivity index (χ0) is 16.8. The first kappa shape index (κ1) is 16.3. The van der Waals surface area contributed by atoms with E-state index in [0.717, 1.165) is 5.56 Å². The molecule has 0 bridgehead atoms. The van der Waals surface area contributed by atoms with Crippen LogP contribution >= 0.6 is 0 Å². The van der Waals surface area contributed by atoms with Gasteiger partial charge in [-0.3, -0.25) is 15.5 Å². The van der Waals surface area contributed by atoms with Crippen LogP contribution < -0.4 is 14.9 Å². The van der Waals surface area contributed by atoms with Gasteiger partial charge < -0.3 is 9.47 Å². The Morgan fingerprint density at radius 2 is 1.83 bits per heavy atom. The SMILES string of the molecule is COc1ccc(/C(C)=N\Nc2ccc([N+](=O)[O-])cc2)c(OC)c1. The van der Waals surface area contributed by atoms with Crippen molar-refractivity contribution in [3.63, 3.8) is 0 Å². The van der Waals surface area contributed by atoms with Gasteiger partial charge in [0.15, 0.2) is 0 Å². The Morgan fingerprint density at radius 1 is 1.13 bits per heavy atom. The molecular formula is C16H17N3O4. The molecule has 0 saturated heterocycles. The summed E-state index contributed by atoms with van der Waals surface area (Å²) in [6.45, 7) is 1.84. The summed E-state index contributed by atoms with van der Waals surface area (Å²) in [7, 11) is 3.17. The molecule has 2 aromatic rings. The van der Waals surface area contributed by atoms with Gasteiger partial charge in [0.25, 0.3) is 5.69 Å². The molecule has 0 heterocycles. The molecule has 0 aliphatic carbocycles. The normalized spacial score (nSPS) is 11.0. The van der Waals surface area contributed by atoms with Gasteiger partial charge in [0.05, 0.1) is 30.5 Å². The van der Waals surface area contributed by atoms with Crippen molar-refractivity contribution in [3.05, 3.63) is 58.1 Å². The topological polar surface area (TPSA) is 86.0 Å². The lowest BCUT2D eigenvalue weighted by Crippen LogP contribution is -2.03. The third kappa shape index (κ3) is 3.97. The molecule has 0 aliphatic heterocycles. The van der Waals surface area contributed by atoms with Gasteiger partial charge in [-0.2, -0.15) is 5.10 Å². The second kappa shape index (κ2) is 7.26. The molecule has 2 rings (SSSR count). The summed E-state index contributed by atoms with van der Waals surface area (Å²) in [5.74, 6) is 1.35. The number of rotatable bonds is 6. The Hall–Kier alpha value is -3.09. The van der Waals surface area contributed by atoms with Crippen LogP contribution in [0.1, 0.15) is 12.5 Å². The number of nitro groups is 1. The molecule has 7 heteroatoms. The average Bonchev–Trinajstić information content (AvgIpc) is 2.59. The molecule has 0 spiro atoms. The van der Waals surface area contributed by atoms with Crippen molar-refractivity contribution in [2.45, 2.75) is 6.92 Å². The first-order valence-electron chi connectivity index (χ1n) is 6.82. The summed E-state index contributed by atoms with van der Waals surface area (Å²) in [6.07, 6.45) is 0. The van der Waals surface area contributed by atoms with Gasteiger partial charge in [0.1, 0.15) is 11.5 Å². The molecule has 7 nitrogen and oxygen atoms in total. The summed E-state index contributed by atoms with van der Waals surface area (Å²) in [6, 6.07) is 11.5. The molecule has 0 unspecified atom stereocenters. The van der Waals surface area contributed by atoms with Crippen LogP contribution in [0.3, 0.4) is 0 Å². The molecule has 0 fully saturated rings. The van der Waals surface area contributed by atoms with Crippen molar-refractivity contribution >= 4 is 17.1 Å². The van der Waals surface area contributed by atoms with E-state index in [4.69, 9.17) is 9.47 Å². The lowest BCUT2D eigenvalue weighted by molar-refractivity contribution is -0.384. The molecule has 1 N–H and O–H groups in total. The Labute approximate surface area is 133 Å². The third-order valence-electron chi connectivity index (χ3n) is 3.23. The molecule has 0 saturated carbocycles. The van der Waals surface area contributed by atoms with Gasteiger partial charge in [-0.05, 0) is 31.2 Å². The maximum atomic E-state index is 10.6. The maximum Gasteiger partial charge on any atom is 0.269 e. The lowest BCUT2D eigenvalue weighted by atomic mass is 10.1. The zero-order valence-electron chi connectivity index (χ0n) is 13.1. The first-order chi connectivity index (χ1) is 11.0. The fourth-order valence-corrected chi connectivity index (χ4v) is 1.96. The number of nitrogens with zero attached hydrogens (tertiary/aromatic N) is 2. The number of hydrazone groups is 1. The molecule has 0 radical (unpaired) electrons. The van der Waals surface area contributed by atoms with E-state index >= 15 is 0 Å². The molecule has 0 aliphatic rings. The summed E-state index contributed by atoms with van der Waals surface area (Å²) >= 11 is 0. The number of hydrogen-bond acceptors (Lipinski definition) is 6. The van der Waals surface area contributed by atoms with Crippen LogP contribution in [0.15, 0.2) is 47.6 Å². The third-order valence-corrected chi connectivity index (χ3v) is 3.23. The van der Waals surface area contributed by atoms with Crippen molar-refractivity contribution in [1.29, 1.82) is 0 Å². The van der Waals surface area contributed by atoms with Gasteiger partial charge in [-0.25, -0.2) is 0 Å². The van der Waals surface area contributed by atoms with Crippen LogP contribution in [0.25, 0.3) is 0 Å². The van der Waals surface area contributed by atoms with E-state index in [0.29, 0.717) is 22.9 Å². The summed E-state index contributed by atoms with van der Waals surface area (Å²) in [5, 5.41) is 14.9. The van der Waals surface area contributed by atoms with Gasteiger partial charge in [-0.15, -0.1) is 0 Å². The van der Waals surface area contributed by atoms with E-state index in [9.17, 15) is 10.1 Å². The number of non-ortho nitro benzene ring substituents is 1. The molecule has 0 amide bonds. The fourth-order valence-electron chi connectivity index (χ4n) is 1.96. The van der Waals surface area contributed by atoms with Crippen LogP contribution in [-0.2, 0) is 0 Å². The van der Waals surface area contributed by atoms with Gasteiger partial charge in [0, 0.05) is 23.8 Å². The number of anilines is 1. The average molecular weight is 315 g/mol. The van der Waals surface area contributed by atoms with Crippen molar-refractivity contribution in [3.8, 4) is 11.5 Å². The van der Waals surface area contributed by atoms with E-state index in [-0.39, 0.29) is 5.69 Å². The van der Waals surface area contributed by atoms with Crippen LogP contribution in [0.2, 0.25) is 0 Å². The van der Waals surface area contributed by atoms with E-state index in [2.05, 4.69) is 10.5 Å². The van der Waals surface area contributed by atoms with E-state index < -0.39 is 4.92 Å². The van der Waals surface area contributed by atoms with Gasteiger partial charge >= 0.3 is 0 Å². The smallest absolute Gasteiger partial charge is 0.269 e. The highest BCUT2D eigenvalue weighted by molar-refractivity contribution is 6.01.